The Morgan fingerprint density at radius 3 is 1.40 bits per heavy atom. The van der Waals surface area contributed by atoms with E-state index in [4.69, 9.17) is 0 Å². The highest BCUT2D eigenvalue weighted by molar-refractivity contribution is 5.00. The first-order valence-corrected chi connectivity index (χ1v) is 5.05. The van der Waals surface area contributed by atoms with Gasteiger partial charge >= 0.3 is 18.3 Å². The van der Waals surface area contributed by atoms with Crippen molar-refractivity contribution in [3.8, 4) is 0 Å². The van der Waals surface area contributed by atoms with Gasteiger partial charge in [0.05, 0.1) is 6.42 Å². The van der Waals surface area contributed by atoms with Crippen molar-refractivity contribution >= 4 is 0 Å². The number of rotatable bonds is 5. The van der Waals surface area contributed by atoms with E-state index in [0.717, 1.165) is 6.92 Å². The van der Waals surface area contributed by atoms with E-state index in [1.54, 1.807) is 0 Å². The summed E-state index contributed by atoms with van der Waals surface area (Å²) in [7, 11) is 0. The molecule has 1 nitrogen and oxygen atoms in total. The van der Waals surface area contributed by atoms with Gasteiger partial charge in [0.15, 0.2) is 0 Å². The van der Waals surface area contributed by atoms with Crippen LogP contribution in [0.3, 0.4) is 0 Å². The van der Waals surface area contributed by atoms with Gasteiger partial charge in [-0.2, -0.15) is 35.1 Å². The summed E-state index contributed by atoms with van der Waals surface area (Å²) >= 11 is 0. The summed E-state index contributed by atoms with van der Waals surface area (Å²) in [6.45, 7) is -0.734. The van der Waals surface area contributed by atoms with Gasteiger partial charge in [-0.3, -0.25) is 0 Å². The van der Waals surface area contributed by atoms with Crippen molar-refractivity contribution in [1.29, 1.82) is 0 Å². The van der Waals surface area contributed by atoms with E-state index < -0.39 is 49.8 Å². The lowest BCUT2D eigenvalue weighted by Gasteiger charge is -2.39. The standard InChI is InChI=1S/C9H10F10O/c1-3-20-7(13,5(2,10)8(14,15)16)4-6(11,12)9(17,18)19/h3-4H2,1-2H3. The first kappa shape index (κ1) is 19.3. The molecule has 20 heavy (non-hydrogen) atoms. The SMILES string of the molecule is CCOC(F)(CC(F)(F)C(F)(F)F)C(C)(F)C(F)(F)F. The van der Waals surface area contributed by atoms with Crippen LogP contribution < -0.4 is 0 Å². The van der Waals surface area contributed by atoms with Crippen LogP contribution in [0.15, 0.2) is 0 Å². The zero-order valence-electron chi connectivity index (χ0n) is 10.1. The predicted octanol–water partition coefficient (Wildman–Crippen LogP) is 4.57. The third kappa shape index (κ3) is 3.47. The molecule has 0 aliphatic carbocycles. The maximum Gasteiger partial charge on any atom is 0.453 e. The van der Waals surface area contributed by atoms with E-state index >= 15 is 0 Å². The first-order valence-electron chi connectivity index (χ1n) is 5.05. The summed E-state index contributed by atoms with van der Waals surface area (Å²) in [6, 6.07) is 0. The smallest absolute Gasteiger partial charge is 0.343 e. The van der Waals surface area contributed by atoms with Gasteiger partial charge in [-0.1, -0.05) is 0 Å². The molecule has 0 fully saturated rings. The summed E-state index contributed by atoms with van der Waals surface area (Å²) < 4.78 is 129. The molecule has 2 atom stereocenters. The van der Waals surface area contributed by atoms with Crippen molar-refractivity contribution in [3.05, 3.63) is 0 Å². The van der Waals surface area contributed by atoms with Gasteiger partial charge in [-0.25, -0.2) is 8.78 Å². The predicted molar refractivity (Wildman–Crippen MR) is 46.7 cm³/mol. The first-order chi connectivity index (χ1) is 8.52. The lowest BCUT2D eigenvalue weighted by molar-refractivity contribution is -0.365. The number of ether oxygens (including phenoxy) is 1. The second-order valence-corrected chi connectivity index (χ2v) is 4.04. The molecule has 0 aromatic carbocycles. The van der Waals surface area contributed by atoms with E-state index in [1.807, 2.05) is 0 Å². The molecule has 122 valence electrons. The Balaban J connectivity index is 5.66. The fourth-order valence-corrected chi connectivity index (χ4v) is 1.18. The van der Waals surface area contributed by atoms with Gasteiger partial charge in [0.1, 0.15) is 0 Å². The average Bonchev–Trinajstić information content (AvgIpc) is 2.12. The van der Waals surface area contributed by atoms with E-state index in [1.165, 1.54) is 0 Å². The number of hydrogen-bond acceptors (Lipinski definition) is 1. The van der Waals surface area contributed by atoms with Crippen LogP contribution in [-0.2, 0) is 4.74 Å². The topological polar surface area (TPSA) is 9.23 Å². The maximum atomic E-state index is 13.8. The van der Waals surface area contributed by atoms with Gasteiger partial charge in [0.25, 0.3) is 11.5 Å². The summed E-state index contributed by atoms with van der Waals surface area (Å²) in [4.78, 5) is 0. The van der Waals surface area contributed by atoms with E-state index in [0.29, 0.717) is 0 Å². The Morgan fingerprint density at radius 1 is 0.750 bits per heavy atom. The lowest BCUT2D eigenvalue weighted by atomic mass is 9.91. The van der Waals surface area contributed by atoms with E-state index in [-0.39, 0.29) is 0 Å². The molecule has 0 spiro atoms. The van der Waals surface area contributed by atoms with E-state index in [2.05, 4.69) is 4.74 Å². The molecule has 0 aliphatic rings. The van der Waals surface area contributed by atoms with Gasteiger partial charge in [0.2, 0.25) is 0 Å². The highest BCUT2D eigenvalue weighted by Crippen LogP contribution is 2.51. The van der Waals surface area contributed by atoms with Crippen LogP contribution >= 0.6 is 0 Å². The minimum absolute atomic E-state index is 0.505. The van der Waals surface area contributed by atoms with Crippen molar-refractivity contribution in [2.45, 2.75) is 50.1 Å². The second kappa shape index (κ2) is 5.23. The fraction of sp³-hybridized carbons (Fsp3) is 1.00. The van der Waals surface area contributed by atoms with Gasteiger partial charge in [-0.05, 0) is 13.8 Å². The highest BCUT2D eigenvalue weighted by Gasteiger charge is 2.73. The van der Waals surface area contributed by atoms with Crippen molar-refractivity contribution in [2.75, 3.05) is 6.61 Å². The Morgan fingerprint density at radius 2 is 1.15 bits per heavy atom. The van der Waals surface area contributed by atoms with Crippen molar-refractivity contribution < 1.29 is 48.6 Å². The molecule has 0 amide bonds. The molecule has 0 radical (unpaired) electrons. The maximum absolute atomic E-state index is 13.8. The van der Waals surface area contributed by atoms with Crippen molar-refractivity contribution in [1.82, 2.24) is 0 Å². The largest absolute Gasteiger partial charge is 0.453 e. The lowest BCUT2D eigenvalue weighted by Crippen LogP contribution is -2.60. The molecule has 0 N–H and O–H groups in total. The van der Waals surface area contributed by atoms with Crippen LogP contribution in [0.5, 0.6) is 0 Å². The highest BCUT2D eigenvalue weighted by atomic mass is 19.4. The van der Waals surface area contributed by atoms with Crippen LogP contribution in [0.4, 0.5) is 43.9 Å². The average molecular weight is 324 g/mol. The molecular formula is C9H10F10O. The number of alkyl halides is 10. The van der Waals surface area contributed by atoms with Crippen LogP contribution in [0.25, 0.3) is 0 Å². The zero-order valence-corrected chi connectivity index (χ0v) is 10.1. The fourth-order valence-electron chi connectivity index (χ4n) is 1.18. The minimum Gasteiger partial charge on any atom is -0.343 e. The second-order valence-electron chi connectivity index (χ2n) is 4.04. The third-order valence-electron chi connectivity index (χ3n) is 2.47. The van der Waals surface area contributed by atoms with Crippen LogP contribution in [0.2, 0.25) is 0 Å². The molecular weight excluding hydrogens is 314 g/mol. The molecule has 0 heterocycles. The van der Waals surface area contributed by atoms with Gasteiger partial charge < -0.3 is 4.74 Å². The van der Waals surface area contributed by atoms with Crippen LogP contribution in [0.1, 0.15) is 20.3 Å². The van der Waals surface area contributed by atoms with E-state index in [9.17, 15) is 43.9 Å². The molecule has 0 aliphatic heterocycles. The molecule has 0 saturated carbocycles. The van der Waals surface area contributed by atoms with Crippen LogP contribution in [-0.4, -0.2) is 36.4 Å². The normalized spacial score (nSPS) is 20.4. The molecule has 2 unspecified atom stereocenters. The molecule has 0 rings (SSSR count). The Hall–Kier alpha value is -0.740. The molecule has 0 aromatic rings. The Bertz CT molecular complexity index is 331. The summed E-state index contributed by atoms with van der Waals surface area (Å²) in [5, 5.41) is 0. The third-order valence-corrected chi connectivity index (χ3v) is 2.47. The summed E-state index contributed by atoms with van der Waals surface area (Å²) in [5.41, 5.74) is -5.05. The Labute approximate surface area is 106 Å². The minimum atomic E-state index is -6.34. The Kier molecular flexibility index (Phi) is 5.03. The molecule has 0 bridgehead atoms. The molecule has 0 saturated heterocycles. The zero-order chi connectivity index (χ0) is 16.6. The summed E-state index contributed by atoms with van der Waals surface area (Å²) in [6.07, 6.45) is -15.5. The monoisotopic (exact) mass is 324 g/mol. The number of halogens is 10. The summed E-state index contributed by atoms with van der Waals surface area (Å²) in [5.74, 6) is -10.8. The van der Waals surface area contributed by atoms with Crippen molar-refractivity contribution in [2.24, 2.45) is 0 Å². The number of hydrogen-bond donors (Lipinski definition) is 0. The van der Waals surface area contributed by atoms with Gasteiger partial charge in [-0.15, -0.1) is 0 Å². The molecule has 0 aromatic heterocycles. The van der Waals surface area contributed by atoms with Gasteiger partial charge in [0, 0.05) is 6.61 Å². The molecule has 11 heteroatoms. The quantitative estimate of drug-likeness (QED) is 0.673. The van der Waals surface area contributed by atoms with Crippen LogP contribution in [0, 0.1) is 0 Å². The van der Waals surface area contributed by atoms with Crippen molar-refractivity contribution in [3.63, 3.8) is 0 Å².